The van der Waals surface area contributed by atoms with Gasteiger partial charge in [0.05, 0.1) is 17.8 Å². The summed E-state index contributed by atoms with van der Waals surface area (Å²) in [5, 5.41) is 13.8. The number of hydrogen-bond donors (Lipinski definition) is 1. The van der Waals surface area contributed by atoms with Gasteiger partial charge in [0.2, 0.25) is 0 Å². The molecule has 1 N–H and O–H groups in total. The van der Waals surface area contributed by atoms with Gasteiger partial charge in [0.15, 0.2) is 5.82 Å². The van der Waals surface area contributed by atoms with Gasteiger partial charge in [0, 0.05) is 18.7 Å². The van der Waals surface area contributed by atoms with Gasteiger partial charge in [-0.25, -0.2) is 4.68 Å². The predicted molar refractivity (Wildman–Crippen MR) is 143 cm³/mol. The van der Waals surface area contributed by atoms with E-state index in [1.165, 1.54) is 11.1 Å². The lowest BCUT2D eigenvalue weighted by Gasteiger charge is -2.31. The average molecular weight is 497 g/mol. The molecule has 0 radical (unpaired) electrons. The predicted octanol–water partition coefficient (Wildman–Crippen LogP) is 5.32. The van der Waals surface area contributed by atoms with Crippen LogP contribution in [0.1, 0.15) is 59.6 Å². The first-order valence-electron chi connectivity index (χ1n) is 12.7. The number of pyridine rings is 1. The molecular weight excluding hydrogens is 464 g/mol. The van der Waals surface area contributed by atoms with E-state index in [0.717, 1.165) is 46.5 Å². The van der Waals surface area contributed by atoms with Gasteiger partial charge < -0.3 is 9.40 Å². The number of hydrogen-bond acceptors (Lipinski definition) is 6. The lowest BCUT2D eigenvalue weighted by molar-refractivity contribution is 0.155. The summed E-state index contributed by atoms with van der Waals surface area (Å²) in [6, 6.07) is 20.3. The zero-order valence-electron chi connectivity index (χ0n) is 21.5. The fourth-order valence-electron chi connectivity index (χ4n) is 4.83. The lowest BCUT2D eigenvalue weighted by atomic mass is 10.0. The maximum atomic E-state index is 13.2. The first-order chi connectivity index (χ1) is 18.0. The van der Waals surface area contributed by atoms with Crippen LogP contribution in [0, 0.1) is 13.8 Å². The Bertz CT molecular complexity index is 1520. The highest BCUT2D eigenvalue weighted by atomic mass is 16.3. The van der Waals surface area contributed by atoms with Crippen molar-refractivity contribution in [2.24, 2.45) is 0 Å². The quantitative estimate of drug-likeness (QED) is 0.281. The smallest absolute Gasteiger partial charge is 0.252 e. The van der Waals surface area contributed by atoms with Crippen LogP contribution in [-0.2, 0) is 19.6 Å². The van der Waals surface area contributed by atoms with Crippen LogP contribution in [0.4, 0.5) is 0 Å². The molecule has 0 spiro atoms. The summed E-state index contributed by atoms with van der Waals surface area (Å²) in [5.41, 5.74) is 4.97. The van der Waals surface area contributed by atoms with E-state index < -0.39 is 0 Å². The van der Waals surface area contributed by atoms with Crippen molar-refractivity contribution in [1.82, 2.24) is 30.1 Å². The molecule has 8 nitrogen and oxygen atoms in total. The first kappa shape index (κ1) is 24.6. The second-order valence-electron chi connectivity index (χ2n) is 9.63. The third-order valence-corrected chi connectivity index (χ3v) is 6.79. The summed E-state index contributed by atoms with van der Waals surface area (Å²) >= 11 is 0. The van der Waals surface area contributed by atoms with E-state index in [9.17, 15) is 4.79 Å². The number of aromatic amines is 1. The molecule has 0 fully saturated rings. The summed E-state index contributed by atoms with van der Waals surface area (Å²) in [7, 11) is 0. The Kier molecular flexibility index (Phi) is 7.28. The van der Waals surface area contributed by atoms with Gasteiger partial charge in [-0.05, 0) is 65.4 Å². The number of fused-ring (bicyclic) bond motifs is 1. The summed E-state index contributed by atoms with van der Waals surface area (Å²) in [6.07, 6.45) is 3.44. The Hall–Kier alpha value is -4.04. The molecular formula is C29H32N6O2. The summed E-state index contributed by atoms with van der Waals surface area (Å²) in [5.74, 6) is 1.55. The van der Waals surface area contributed by atoms with Crippen molar-refractivity contribution in [2.45, 2.75) is 59.3 Å². The van der Waals surface area contributed by atoms with E-state index in [0.29, 0.717) is 19.6 Å². The Morgan fingerprint density at radius 2 is 1.89 bits per heavy atom. The molecule has 0 amide bonds. The second kappa shape index (κ2) is 10.9. The number of aromatic nitrogens is 5. The normalized spacial score (nSPS) is 12.4. The van der Waals surface area contributed by atoms with Gasteiger partial charge in [0.25, 0.3) is 5.56 Å². The zero-order chi connectivity index (χ0) is 25.8. The highest BCUT2D eigenvalue weighted by molar-refractivity contribution is 5.81. The topological polar surface area (TPSA) is 92.8 Å². The molecule has 0 aliphatic carbocycles. The second-order valence-corrected chi connectivity index (χ2v) is 9.63. The molecule has 3 aromatic heterocycles. The molecule has 5 aromatic rings. The number of rotatable bonds is 10. The van der Waals surface area contributed by atoms with Gasteiger partial charge >= 0.3 is 0 Å². The minimum absolute atomic E-state index is 0.0684. The molecule has 2 aromatic carbocycles. The van der Waals surface area contributed by atoms with E-state index >= 15 is 0 Å². The van der Waals surface area contributed by atoms with E-state index in [2.05, 4.69) is 63.5 Å². The maximum absolute atomic E-state index is 13.2. The fraction of sp³-hybridized carbons (Fsp3) is 0.310. The highest BCUT2D eigenvalue weighted by Gasteiger charge is 2.27. The molecule has 0 saturated heterocycles. The van der Waals surface area contributed by atoms with Crippen LogP contribution in [0.2, 0.25) is 0 Å². The number of nitrogens with zero attached hydrogens (tertiary/aromatic N) is 5. The van der Waals surface area contributed by atoms with Crippen LogP contribution in [0.15, 0.2) is 76.1 Å². The van der Waals surface area contributed by atoms with Crippen molar-refractivity contribution in [2.75, 3.05) is 0 Å². The molecule has 37 heavy (non-hydrogen) atoms. The SMILES string of the molecule is CCC[C@H](c1nnnn1Cc1ccco1)N(Cc1ccc(C)cc1)Cc1cc2cccc(C)c2[nH]c1=O. The zero-order valence-corrected chi connectivity index (χ0v) is 21.5. The molecule has 1 atom stereocenters. The third kappa shape index (κ3) is 5.54. The van der Waals surface area contributed by atoms with Crippen molar-refractivity contribution in [3.05, 3.63) is 111 Å². The maximum Gasteiger partial charge on any atom is 0.252 e. The van der Waals surface area contributed by atoms with Crippen molar-refractivity contribution in [3.8, 4) is 0 Å². The summed E-state index contributed by atoms with van der Waals surface area (Å²) < 4.78 is 7.36. The van der Waals surface area contributed by atoms with Gasteiger partial charge in [-0.15, -0.1) is 5.10 Å². The summed E-state index contributed by atoms with van der Waals surface area (Å²) in [4.78, 5) is 18.6. The van der Waals surface area contributed by atoms with Gasteiger partial charge in [-0.1, -0.05) is 61.4 Å². The Morgan fingerprint density at radius 3 is 2.65 bits per heavy atom. The van der Waals surface area contributed by atoms with Crippen LogP contribution in [0.3, 0.4) is 0 Å². The molecule has 5 rings (SSSR count). The van der Waals surface area contributed by atoms with Crippen LogP contribution >= 0.6 is 0 Å². The minimum Gasteiger partial charge on any atom is -0.467 e. The molecule has 3 heterocycles. The number of furan rings is 1. The summed E-state index contributed by atoms with van der Waals surface area (Å²) in [6.45, 7) is 7.82. The van der Waals surface area contributed by atoms with Crippen LogP contribution in [0.25, 0.3) is 10.9 Å². The van der Waals surface area contributed by atoms with E-state index in [-0.39, 0.29) is 11.6 Å². The molecule has 190 valence electrons. The Balaban J connectivity index is 1.54. The van der Waals surface area contributed by atoms with E-state index in [1.54, 1.807) is 10.9 Å². The van der Waals surface area contributed by atoms with Gasteiger partial charge in [-0.3, -0.25) is 9.69 Å². The monoisotopic (exact) mass is 496 g/mol. The van der Waals surface area contributed by atoms with Crippen LogP contribution in [-0.4, -0.2) is 30.1 Å². The Morgan fingerprint density at radius 1 is 1.05 bits per heavy atom. The molecule has 0 aliphatic rings. The molecule has 0 saturated carbocycles. The molecule has 8 heteroatoms. The molecule has 0 bridgehead atoms. The van der Waals surface area contributed by atoms with Gasteiger partial charge in [0.1, 0.15) is 12.3 Å². The number of aryl methyl sites for hydroxylation is 2. The highest BCUT2D eigenvalue weighted by Crippen LogP contribution is 2.28. The third-order valence-electron chi connectivity index (χ3n) is 6.79. The number of nitrogens with one attached hydrogen (secondary N) is 1. The minimum atomic E-state index is -0.0936. The van der Waals surface area contributed by atoms with Crippen molar-refractivity contribution in [1.29, 1.82) is 0 Å². The standard InChI is InChI=1S/C29H32N6O2/c1-4-7-26(28-31-32-33-35(28)19-25-10-6-15-37-25)34(17-22-13-11-20(2)12-14-22)18-24-16-23-9-5-8-21(3)27(23)30-29(24)36/h5-6,8-16,26H,4,7,17-19H2,1-3H3,(H,30,36)/t26-/m1/s1. The fourth-order valence-corrected chi connectivity index (χ4v) is 4.83. The number of benzene rings is 2. The van der Waals surface area contributed by atoms with E-state index in [1.807, 2.05) is 43.3 Å². The first-order valence-corrected chi connectivity index (χ1v) is 12.7. The lowest BCUT2D eigenvalue weighted by Crippen LogP contribution is -2.32. The number of H-pyrrole nitrogens is 1. The largest absolute Gasteiger partial charge is 0.467 e. The molecule has 0 aliphatic heterocycles. The molecule has 0 unspecified atom stereocenters. The van der Waals surface area contributed by atoms with Crippen LogP contribution < -0.4 is 5.56 Å². The van der Waals surface area contributed by atoms with Crippen molar-refractivity contribution in [3.63, 3.8) is 0 Å². The Labute approximate surface area is 215 Å². The number of tetrazole rings is 1. The van der Waals surface area contributed by atoms with Crippen molar-refractivity contribution < 1.29 is 4.42 Å². The van der Waals surface area contributed by atoms with E-state index in [4.69, 9.17) is 4.42 Å². The average Bonchev–Trinajstić information content (AvgIpc) is 3.57. The van der Waals surface area contributed by atoms with Crippen LogP contribution in [0.5, 0.6) is 0 Å². The number of para-hydroxylation sites is 1. The van der Waals surface area contributed by atoms with Gasteiger partial charge in [-0.2, -0.15) is 0 Å². The van der Waals surface area contributed by atoms with Crippen molar-refractivity contribution >= 4 is 10.9 Å².